The Kier molecular flexibility index (Phi) is 20.0. The Hall–Kier alpha value is 0.440. The molecule has 0 bridgehead atoms. The van der Waals surface area contributed by atoms with E-state index in [9.17, 15) is 0 Å². The lowest BCUT2D eigenvalue weighted by molar-refractivity contribution is 0.0263. The van der Waals surface area contributed by atoms with Gasteiger partial charge in [0.05, 0.1) is 6.10 Å². The number of hydrogen-bond donors (Lipinski definition) is 0. The van der Waals surface area contributed by atoms with Gasteiger partial charge in [0.25, 0.3) is 0 Å². The van der Waals surface area contributed by atoms with Crippen molar-refractivity contribution in [2.75, 3.05) is 11.9 Å². The van der Waals surface area contributed by atoms with Crippen LogP contribution in [0.3, 0.4) is 0 Å². The molecule has 0 spiro atoms. The molecule has 1 aliphatic carbocycles. The summed E-state index contributed by atoms with van der Waals surface area (Å²) in [6, 6.07) is 0. The second-order valence-electron chi connectivity index (χ2n) is 8.83. The van der Waals surface area contributed by atoms with E-state index < -0.39 is 0 Å². The van der Waals surface area contributed by atoms with Gasteiger partial charge in [-0.05, 0) is 25.7 Å². The number of hydrogen-bond acceptors (Lipinski definition) is 1. The van der Waals surface area contributed by atoms with Crippen molar-refractivity contribution in [3.63, 3.8) is 0 Å². The van der Waals surface area contributed by atoms with Crippen LogP contribution in [0.2, 0.25) is 0 Å². The van der Waals surface area contributed by atoms with Crippen molar-refractivity contribution >= 4 is 15.9 Å². The standard InChI is InChI=1S/C25H49BrO/c26-23-19-14-12-10-8-6-4-2-1-3-5-7-9-11-13-15-20-24-27-25-21-17-16-18-22-25/h25H,1-24H2. The summed E-state index contributed by atoms with van der Waals surface area (Å²) in [5, 5.41) is 1.18. The van der Waals surface area contributed by atoms with Crippen LogP contribution in [0.5, 0.6) is 0 Å². The summed E-state index contributed by atoms with van der Waals surface area (Å²) in [7, 11) is 0. The van der Waals surface area contributed by atoms with E-state index in [1.165, 1.54) is 147 Å². The summed E-state index contributed by atoms with van der Waals surface area (Å²) in [5.41, 5.74) is 0. The summed E-state index contributed by atoms with van der Waals surface area (Å²) in [6.07, 6.45) is 31.9. The van der Waals surface area contributed by atoms with Crippen LogP contribution in [-0.2, 0) is 4.74 Å². The van der Waals surface area contributed by atoms with E-state index in [2.05, 4.69) is 15.9 Å². The van der Waals surface area contributed by atoms with E-state index in [1.54, 1.807) is 0 Å². The molecule has 0 heterocycles. The fourth-order valence-electron chi connectivity index (χ4n) is 4.33. The monoisotopic (exact) mass is 444 g/mol. The van der Waals surface area contributed by atoms with Gasteiger partial charge in [-0.2, -0.15) is 0 Å². The number of halogens is 1. The molecule has 0 aliphatic heterocycles. The Bertz CT molecular complexity index is 275. The van der Waals surface area contributed by atoms with Gasteiger partial charge in [-0.15, -0.1) is 0 Å². The highest BCUT2D eigenvalue weighted by Gasteiger charge is 2.12. The molecule has 0 radical (unpaired) electrons. The molecule has 0 amide bonds. The van der Waals surface area contributed by atoms with E-state index >= 15 is 0 Å². The average Bonchev–Trinajstić information content (AvgIpc) is 2.70. The molecular weight excluding hydrogens is 396 g/mol. The van der Waals surface area contributed by atoms with E-state index in [0.29, 0.717) is 6.10 Å². The average molecular weight is 446 g/mol. The molecule has 1 saturated carbocycles. The minimum atomic E-state index is 0.600. The fourth-order valence-corrected chi connectivity index (χ4v) is 4.73. The van der Waals surface area contributed by atoms with E-state index in [4.69, 9.17) is 4.74 Å². The molecule has 1 fully saturated rings. The zero-order valence-electron chi connectivity index (χ0n) is 18.3. The summed E-state index contributed by atoms with van der Waals surface area (Å²) < 4.78 is 6.01. The van der Waals surface area contributed by atoms with Crippen LogP contribution in [0.4, 0.5) is 0 Å². The third-order valence-electron chi connectivity index (χ3n) is 6.18. The van der Waals surface area contributed by atoms with Crippen molar-refractivity contribution in [1.82, 2.24) is 0 Å². The number of unbranched alkanes of at least 4 members (excludes halogenated alkanes) is 16. The minimum Gasteiger partial charge on any atom is -0.378 e. The van der Waals surface area contributed by atoms with Gasteiger partial charge in [0, 0.05) is 11.9 Å². The minimum absolute atomic E-state index is 0.600. The zero-order chi connectivity index (χ0) is 19.3. The molecule has 0 N–H and O–H groups in total. The van der Waals surface area contributed by atoms with Gasteiger partial charge in [0.2, 0.25) is 0 Å². The van der Waals surface area contributed by atoms with Crippen LogP contribution in [0.1, 0.15) is 141 Å². The maximum atomic E-state index is 6.01. The summed E-state index contributed by atoms with van der Waals surface area (Å²) in [6.45, 7) is 1.02. The predicted octanol–water partition coefficient (Wildman–Crippen LogP) is 9.36. The third-order valence-corrected chi connectivity index (χ3v) is 6.74. The van der Waals surface area contributed by atoms with Crippen LogP contribution < -0.4 is 0 Å². The summed E-state index contributed by atoms with van der Waals surface area (Å²) >= 11 is 3.51. The topological polar surface area (TPSA) is 9.23 Å². The molecule has 1 nitrogen and oxygen atoms in total. The van der Waals surface area contributed by atoms with Crippen molar-refractivity contribution in [1.29, 1.82) is 0 Å². The van der Waals surface area contributed by atoms with Crippen LogP contribution in [-0.4, -0.2) is 18.0 Å². The smallest absolute Gasteiger partial charge is 0.0575 e. The highest BCUT2D eigenvalue weighted by Crippen LogP contribution is 2.20. The van der Waals surface area contributed by atoms with Crippen LogP contribution in [0, 0.1) is 0 Å². The lowest BCUT2D eigenvalue weighted by Crippen LogP contribution is -2.17. The molecule has 27 heavy (non-hydrogen) atoms. The van der Waals surface area contributed by atoms with Crippen molar-refractivity contribution in [2.45, 2.75) is 147 Å². The van der Waals surface area contributed by atoms with Gasteiger partial charge in [-0.3, -0.25) is 0 Å². The van der Waals surface area contributed by atoms with Gasteiger partial charge in [-0.1, -0.05) is 132 Å². The Morgan fingerprint density at radius 3 is 1.26 bits per heavy atom. The van der Waals surface area contributed by atoms with Gasteiger partial charge in [0.1, 0.15) is 0 Å². The van der Waals surface area contributed by atoms with Crippen molar-refractivity contribution in [2.24, 2.45) is 0 Å². The Balaban J connectivity index is 1.64. The van der Waals surface area contributed by atoms with Crippen molar-refractivity contribution in [3.8, 4) is 0 Å². The molecule has 0 saturated heterocycles. The summed E-state index contributed by atoms with van der Waals surface area (Å²) in [5.74, 6) is 0. The van der Waals surface area contributed by atoms with E-state index in [1.807, 2.05) is 0 Å². The molecule has 1 aliphatic rings. The van der Waals surface area contributed by atoms with Crippen LogP contribution in [0.25, 0.3) is 0 Å². The Labute approximate surface area is 179 Å². The molecule has 0 aromatic carbocycles. The lowest BCUT2D eigenvalue weighted by Gasteiger charge is -2.21. The maximum Gasteiger partial charge on any atom is 0.0575 e. The normalized spacial score (nSPS) is 15.4. The number of rotatable bonds is 20. The first-order valence-corrected chi connectivity index (χ1v) is 13.7. The van der Waals surface area contributed by atoms with E-state index in [0.717, 1.165) is 6.61 Å². The molecule has 0 aromatic heterocycles. The Morgan fingerprint density at radius 2 is 0.852 bits per heavy atom. The van der Waals surface area contributed by atoms with Crippen molar-refractivity contribution < 1.29 is 4.74 Å². The Morgan fingerprint density at radius 1 is 0.481 bits per heavy atom. The molecule has 0 aromatic rings. The fraction of sp³-hybridized carbons (Fsp3) is 1.00. The first kappa shape index (κ1) is 25.5. The first-order chi connectivity index (χ1) is 13.4. The number of alkyl halides is 1. The lowest BCUT2D eigenvalue weighted by atomic mass is 9.98. The molecule has 0 atom stereocenters. The third kappa shape index (κ3) is 18.2. The van der Waals surface area contributed by atoms with Gasteiger partial charge >= 0.3 is 0 Å². The quantitative estimate of drug-likeness (QED) is 0.134. The molecule has 162 valence electrons. The highest BCUT2D eigenvalue weighted by molar-refractivity contribution is 9.09. The molecule has 0 unspecified atom stereocenters. The van der Waals surface area contributed by atoms with Crippen LogP contribution >= 0.6 is 15.9 Å². The summed E-state index contributed by atoms with van der Waals surface area (Å²) in [4.78, 5) is 0. The van der Waals surface area contributed by atoms with Gasteiger partial charge in [-0.25, -0.2) is 0 Å². The van der Waals surface area contributed by atoms with E-state index in [-0.39, 0.29) is 0 Å². The largest absolute Gasteiger partial charge is 0.378 e. The predicted molar refractivity (Wildman–Crippen MR) is 125 cm³/mol. The molecule has 1 rings (SSSR count). The van der Waals surface area contributed by atoms with Crippen molar-refractivity contribution in [3.05, 3.63) is 0 Å². The number of ether oxygens (including phenoxy) is 1. The highest BCUT2D eigenvalue weighted by atomic mass is 79.9. The van der Waals surface area contributed by atoms with Gasteiger partial charge < -0.3 is 4.74 Å². The first-order valence-electron chi connectivity index (χ1n) is 12.6. The zero-order valence-corrected chi connectivity index (χ0v) is 19.9. The molecule has 2 heteroatoms. The maximum absolute atomic E-state index is 6.01. The second-order valence-corrected chi connectivity index (χ2v) is 9.62. The van der Waals surface area contributed by atoms with Crippen LogP contribution in [0.15, 0.2) is 0 Å². The second kappa shape index (κ2) is 21.2. The molecular formula is C25H49BrO. The van der Waals surface area contributed by atoms with Gasteiger partial charge in [0.15, 0.2) is 0 Å². The SMILES string of the molecule is BrCCCCCCCCCCCCCCCCCCCOC1CCCCC1.